The Kier molecular flexibility index (Phi) is 3.81. The van der Waals surface area contributed by atoms with Gasteiger partial charge in [-0.1, -0.05) is 30.0 Å². The second kappa shape index (κ2) is 5.54. The lowest BCUT2D eigenvalue weighted by molar-refractivity contribution is 0.993. The van der Waals surface area contributed by atoms with E-state index in [9.17, 15) is 0 Å². The van der Waals surface area contributed by atoms with Crippen LogP contribution in [0.2, 0.25) is 0 Å². The lowest BCUT2D eigenvalue weighted by atomic mass is 10.5. The zero-order valence-electron chi connectivity index (χ0n) is 10.0. The van der Waals surface area contributed by atoms with Crippen molar-refractivity contribution in [3.05, 3.63) is 16.1 Å². The Hall–Kier alpha value is -0.660. The third-order valence-corrected chi connectivity index (χ3v) is 5.62. The molecule has 2 aromatic heterocycles. The summed E-state index contributed by atoms with van der Waals surface area (Å²) in [4.78, 5) is 4.55. The number of aryl methyl sites for hydroxylation is 1. The van der Waals surface area contributed by atoms with Gasteiger partial charge in [0.05, 0.1) is 10.7 Å². The summed E-state index contributed by atoms with van der Waals surface area (Å²) in [6, 6.07) is 0.640. The van der Waals surface area contributed by atoms with E-state index in [1.165, 1.54) is 17.8 Å². The molecule has 1 fully saturated rings. The van der Waals surface area contributed by atoms with Gasteiger partial charge >= 0.3 is 0 Å². The number of thiazole rings is 1. The highest BCUT2D eigenvalue weighted by atomic mass is 32.2. The van der Waals surface area contributed by atoms with Crippen molar-refractivity contribution in [2.75, 3.05) is 5.32 Å². The van der Waals surface area contributed by atoms with Crippen molar-refractivity contribution in [2.45, 2.75) is 42.3 Å². The van der Waals surface area contributed by atoms with E-state index in [4.69, 9.17) is 0 Å². The summed E-state index contributed by atoms with van der Waals surface area (Å²) in [5, 5.41) is 16.0. The summed E-state index contributed by atoms with van der Waals surface area (Å²) in [5.74, 6) is 0.883. The predicted molar refractivity (Wildman–Crippen MR) is 77.6 cm³/mol. The standard InChI is InChI=1S/C11H14N4S3/c1-2-9-12-8(5-16-9)6-17-11-15-14-10(18-11)13-7-3-4-7/h5,7H,2-4,6H2,1H3,(H,13,14). The Morgan fingerprint density at radius 1 is 1.44 bits per heavy atom. The first kappa shape index (κ1) is 12.4. The summed E-state index contributed by atoms with van der Waals surface area (Å²) in [7, 11) is 0. The summed E-state index contributed by atoms with van der Waals surface area (Å²) in [6.07, 6.45) is 3.55. The van der Waals surface area contributed by atoms with Gasteiger partial charge in [0, 0.05) is 17.2 Å². The van der Waals surface area contributed by atoms with Gasteiger partial charge < -0.3 is 5.32 Å². The van der Waals surface area contributed by atoms with Crippen LogP contribution in [-0.2, 0) is 12.2 Å². The van der Waals surface area contributed by atoms with Crippen molar-refractivity contribution in [1.29, 1.82) is 0 Å². The third kappa shape index (κ3) is 3.21. The van der Waals surface area contributed by atoms with Crippen molar-refractivity contribution < 1.29 is 0 Å². The average molecular weight is 298 g/mol. The van der Waals surface area contributed by atoms with Crippen LogP contribution >= 0.6 is 34.4 Å². The second-order valence-corrected chi connectivity index (χ2v) is 7.31. The normalized spacial score (nSPS) is 14.9. The molecule has 0 saturated heterocycles. The summed E-state index contributed by atoms with van der Waals surface area (Å²) < 4.78 is 1.02. The largest absolute Gasteiger partial charge is 0.357 e. The van der Waals surface area contributed by atoms with Gasteiger partial charge in [-0.3, -0.25) is 0 Å². The second-order valence-electron chi connectivity index (χ2n) is 4.17. The molecule has 2 heterocycles. The molecule has 0 radical (unpaired) electrons. The number of aromatic nitrogens is 3. The van der Waals surface area contributed by atoms with Gasteiger partial charge in [-0.2, -0.15) is 0 Å². The van der Waals surface area contributed by atoms with Crippen LogP contribution in [0.3, 0.4) is 0 Å². The monoisotopic (exact) mass is 298 g/mol. The molecule has 96 valence electrons. The zero-order valence-corrected chi connectivity index (χ0v) is 12.5. The molecule has 0 aromatic carbocycles. The number of rotatable bonds is 6. The van der Waals surface area contributed by atoms with Crippen LogP contribution in [0.1, 0.15) is 30.5 Å². The van der Waals surface area contributed by atoms with Crippen molar-refractivity contribution in [1.82, 2.24) is 15.2 Å². The molecule has 1 saturated carbocycles. The number of hydrogen-bond acceptors (Lipinski definition) is 7. The molecule has 7 heteroatoms. The topological polar surface area (TPSA) is 50.7 Å². The Balaban J connectivity index is 1.53. The van der Waals surface area contributed by atoms with E-state index in [1.54, 1.807) is 34.4 Å². The van der Waals surface area contributed by atoms with Crippen LogP contribution in [0.15, 0.2) is 9.72 Å². The maximum atomic E-state index is 4.55. The molecule has 1 aliphatic carbocycles. The van der Waals surface area contributed by atoms with Gasteiger partial charge in [-0.15, -0.1) is 21.5 Å². The van der Waals surface area contributed by atoms with Crippen molar-refractivity contribution in [3.63, 3.8) is 0 Å². The van der Waals surface area contributed by atoms with Crippen LogP contribution in [-0.4, -0.2) is 21.2 Å². The Morgan fingerprint density at radius 2 is 2.33 bits per heavy atom. The summed E-state index contributed by atoms with van der Waals surface area (Å²) in [5.41, 5.74) is 1.15. The van der Waals surface area contributed by atoms with E-state index in [0.717, 1.165) is 27.3 Å². The molecule has 0 unspecified atom stereocenters. The van der Waals surface area contributed by atoms with E-state index >= 15 is 0 Å². The van der Waals surface area contributed by atoms with E-state index in [-0.39, 0.29) is 0 Å². The molecule has 3 rings (SSSR count). The minimum Gasteiger partial charge on any atom is -0.357 e. The molecule has 4 nitrogen and oxygen atoms in total. The summed E-state index contributed by atoms with van der Waals surface area (Å²) >= 11 is 5.09. The first-order chi connectivity index (χ1) is 8.83. The fourth-order valence-electron chi connectivity index (χ4n) is 1.44. The average Bonchev–Trinajstić information content (AvgIpc) is 2.91. The van der Waals surface area contributed by atoms with Crippen LogP contribution < -0.4 is 5.32 Å². The van der Waals surface area contributed by atoms with E-state index < -0.39 is 0 Å². The molecular weight excluding hydrogens is 284 g/mol. The number of nitrogens with one attached hydrogen (secondary N) is 1. The molecule has 18 heavy (non-hydrogen) atoms. The van der Waals surface area contributed by atoms with Crippen LogP contribution in [0.25, 0.3) is 0 Å². The fraction of sp³-hybridized carbons (Fsp3) is 0.545. The minimum absolute atomic E-state index is 0.640. The number of anilines is 1. The first-order valence-electron chi connectivity index (χ1n) is 5.99. The van der Waals surface area contributed by atoms with E-state index in [2.05, 4.69) is 32.8 Å². The Bertz CT molecular complexity index is 518. The molecule has 0 spiro atoms. The van der Waals surface area contributed by atoms with Gasteiger partial charge in [-0.25, -0.2) is 4.98 Å². The van der Waals surface area contributed by atoms with E-state index in [1.807, 2.05) is 0 Å². The maximum absolute atomic E-state index is 4.55. The Morgan fingerprint density at radius 3 is 3.06 bits per heavy atom. The molecule has 0 bridgehead atoms. The first-order valence-corrected chi connectivity index (χ1v) is 8.68. The lowest BCUT2D eigenvalue weighted by Crippen LogP contribution is -1.99. The molecule has 1 N–H and O–H groups in total. The molecule has 0 atom stereocenters. The van der Waals surface area contributed by atoms with Gasteiger partial charge in [0.1, 0.15) is 0 Å². The molecule has 1 aliphatic rings. The molecule has 2 aromatic rings. The maximum Gasteiger partial charge on any atom is 0.206 e. The lowest BCUT2D eigenvalue weighted by Gasteiger charge is -1.94. The van der Waals surface area contributed by atoms with Crippen molar-refractivity contribution >= 4 is 39.6 Å². The van der Waals surface area contributed by atoms with Crippen molar-refractivity contribution in [3.8, 4) is 0 Å². The minimum atomic E-state index is 0.640. The third-order valence-electron chi connectivity index (χ3n) is 2.56. The van der Waals surface area contributed by atoms with E-state index in [0.29, 0.717) is 6.04 Å². The SMILES string of the molecule is CCc1nc(CSc2nnc(NC3CC3)s2)cs1. The van der Waals surface area contributed by atoms with Gasteiger partial charge in [0.25, 0.3) is 0 Å². The number of thioether (sulfide) groups is 1. The number of hydrogen-bond donors (Lipinski definition) is 1. The van der Waals surface area contributed by atoms with Gasteiger partial charge in [0.15, 0.2) is 4.34 Å². The quantitative estimate of drug-likeness (QED) is 0.828. The highest BCUT2D eigenvalue weighted by Crippen LogP contribution is 2.31. The van der Waals surface area contributed by atoms with Crippen LogP contribution in [0, 0.1) is 0 Å². The number of nitrogens with zero attached hydrogens (tertiary/aromatic N) is 3. The molecular formula is C11H14N4S3. The zero-order chi connectivity index (χ0) is 12.4. The van der Waals surface area contributed by atoms with Crippen LogP contribution in [0.4, 0.5) is 5.13 Å². The highest BCUT2D eigenvalue weighted by Gasteiger charge is 2.22. The fourth-order valence-corrected chi connectivity index (χ4v) is 4.01. The summed E-state index contributed by atoms with van der Waals surface area (Å²) in [6.45, 7) is 2.14. The van der Waals surface area contributed by atoms with Crippen molar-refractivity contribution in [2.24, 2.45) is 0 Å². The highest BCUT2D eigenvalue weighted by molar-refractivity contribution is 8.00. The van der Waals surface area contributed by atoms with Crippen LogP contribution in [0.5, 0.6) is 0 Å². The predicted octanol–water partition coefficient (Wildman–Crippen LogP) is 3.42. The Labute approximate surface area is 118 Å². The molecule has 0 aliphatic heterocycles. The van der Waals surface area contributed by atoms with Gasteiger partial charge in [0.2, 0.25) is 5.13 Å². The molecule has 0 amide bonds. The smallest absolute Gasteiger partial charge is 0.206 e. The van der Waals surface area contributed by atoms with Gasteiger partial charge in [-0.05, 0) is 19.3 Å².